The van der Waals surface area contributed by atoms with E-state index in [1.807, 2.05) is 12.1 Å². The first-order chi connectivity index (χ1) is 7.29. The molecular weight excluding hydrogens is 192 g/mol. The summed E-state index contributed by atoms with van der Waals surface area (Å²) in [5, 5.41) is 18.4. The van der Waals surface area contributed by atoms with Gasteiger partial charge >= 0.3 is 0 Å². The minimum Gasteiger partial charge on any atom is -0.393 e. The fourth-order valence-electron chi connectivity index (χ4n) is 1.87. The maximum absolute atomic E-state index is 9.40. The number of aliphatic hydroxyl groups excluding tert-OH is 2. The van der Waals surface area contributed by atoms with Crippen LogP contribution in [-0.2, 0) is 6.61 Å². The van der Waals surface area contributed by atoms with Crippen LogP contribution in [0.1, 0.15) is 18.5 Å². The van der Waals surface area contributed by atoms with Crippen LogP contribution in [0.3, 0.4) is 0 Å². The summed E-state index contributed by atoms with van der Waals surface area (Å²) in [4.78, 5) is 6.26. The van der Waals surface area contributed by atoms with Gasteiger partial charge in [-0.2, -0.15) is 0 Å². The lowest BCUT2D eigenvalue weighted by atomic mass is 10.1. The van der Waals surface area contributed by atoms with Crippen molar-refractivity contribution in [3.05, 3.63) is 24.0 Å². The van der Waals surface area contributed by atoms with E-state index in [4.69, 9.17) is 5.11 Å². The van der Waals surface area contributed by atoms with Gasteiger partial charge in [0.15, 0.2) is 0 Å². The highest BCUT2D eigenvalue weighted by Crippen LogP contribution is 2.20. The Morgan fingerprint density at radius 3 is 2.80 bits per heavy atom. The van der Waals surface area contributed by atoms with Gasteiger partial charge < -0.3 is 15.1 Å². The lowest BCUT2D eigenvalue weighted by molar-refractivity contribution is 0.145. The molecule has 1 aromatic heterocycles. The molecule has 1 aromatic rings. The second kappa shape index (κ2) is 4.59. The van der Waals surface area contributed by atoms with Crippen LogP contribution in [0.15, 0.2) is 18.3 Å². The highest BCUT2D eigenvalue weighted by molar-refractivity contribution is 5.46. The van der Waals surface area contributed by atoms with Gasteiger partial charge in [-0.3, -0.25) is 4.98 Å². The van der Waals surface area contributed by atoms with Crippen LogP contribution in [0.2, 0.25) is 0 Å². The number of aliphatic hydroxyl groups is 2. The van der Waals surface area contributed by atoms with E-state index in [2.05, 4.69) is 9.88 Å². The first-order valence-corrected chi connectivity index (χ1v) is 5.28. The van der Waals surface area contributed by atoms with Crippen molar-refractivity contribution in [2.75, 3.05) is 18.0 Å². The van der Waals surface area contributed by atoms with Crippen molar-refractivity contribution < 1.29 is 10.2 Å². The zero-order valence-electron chi connectivity index (χ0n) is 8.63. The third kappa shape index (κ3) is 2.46. The Kier molecular flexibility index (Phi) is 3.18. The molecule has 2 N–H and O–H groups in total. The lowest BCUT2D eigenvalue weighted by Gasteiger charge is -2.31. The number of anilines is 1. The summed E-state index contributed by atoms with van der Waals surface area (Å²) < 4.78 is 0. The van der Waals surface area contributed by atoms with E-state index in [9.17, 15) is 5.11 Å². The van der Waals surface area contributed by atoms with Gasteiger partial charge in [0, 0.05) is 25.0 Å². The fourth-order valence-corrected chi connectivity index (χ4v) is 1.87. The highest BCUT2D eigenvalue weighted by atomic mass is 16.3. The van der Waals surface area contributed by atoms with Gasteiger partial charge in [-0.25, -0.2) is 0 Å². The van der Waals surface area contributed by atoms with Gasteiger partial charge in [0.2, 0.25) is 0 Å². The average Bonchev–Trinajstić information content (AvgIpc) is 2.30. The van der Waals surface area contributed by atoms with Gasteiger partial charge in [0.05, 0.1) is 18.4 Å². The van der Waals surface area contributed by atoms with Crippen molar-refractivity contribution in [1.82, 2.24) is 4.98 Å². The molecule has 1 saturated heterocycles. The second-order valence-electron chi connectivity index (χ2n) is 3.88. The van der Waals surface area contributed by atoms with Crippen molar-refractivity contribution in [2.24, 2.45) is 0 Å². The summed E-state index contributed by atoms with van der Waals surface area (Å²) in [7, 11) is 0. The van der Waals surface area contributed by atoms with E-state index < -0.39 is 0 Å². The van der Waals surface area contributed by atoms with Crippen LogP contribution < -0.4 is 4.90 Å². The van der Waals surface area contributed by atoms with E-state index >= 15 is 0 Å². The van der Waals surface area contributed by atoms with Crippen molar-refractivity contribution in [3.63, 3.8) is 0 Å². The van der Waals surface area contributed by atoms with Crippen LogP contribution in [0, 0.1) is 0 Å². The molecule has 4 heteroatoms. The van der Waals surface area contributed by atoms with Crippen LogP contribution in [0.4, 0.5) is 5.69 Å². The number of hydrogen-bond acceptors (Lipinski definition) is 4. The van der Waals surface area contributed by atoms with Crippen molar-refractivity contribution in [2.45, 2.75) is 25.6 Å². The maximum atomic E-state index is 9.40. The molecular formula is C11H16N2O2. The fraction of sp³-hybridized carbons (Fsp3) is 0.545. The van der Waals surface area contributed by atoms with Crippen LogP contribution >= 0.6 is 0 Å². The third-order valence-corrected chi connectivity index (χ3v) is 2.79. The molecule has 0 atom stereocenters. The topological polar surface area (TPSA) is 56.6 Å². The second-order valence-corrected chi connectivity index (χ2v) is 3.88. The summed E-state index contributed by atoms with van der Waals surface area (Å²) in [5.41, 5.74) is 1.78. The first-order valence-electron chi connectivity index (χ1n) is 5.28. The largest absolute Gasteiger partial charge is 0.393 e. The molecule has 0 unspecified atom stereocenters. The summed E-state index contributed by atoms with van der Waals surface area (Å²) in [6, 6.07) is 3.84. The molecule has 2 heterocycles. The quantitative estimate of drug-likeness (QED) is 0.744. The van der Waals surface area contributed by atoms with E-state index in [-0.39, 0.29) is 12.7 Å². The van der Waals surface area contributed by atoms with Crippen molar-refractivity contribution in [1.29, 1.82) is 0 Å². The van der Waals surface area contributed by atoms with E-state index in [1.54, 1.807) is 6.20 Å². The molecule has 0 spiro atoms. The highest BCUT2D eigenvalue weighted by Gasteiger charge is 2.17. The van der Waals surface area contributed by atoms with E-state index in [1.165, 1.54) is 0 Å². The number of piperidine rings is 1. The molecule has 0 aliphatic carbocycles. The number of aromatic nitrogens is 1. The Morgan fingerprint density at radius 1 is 1.40 bits per heavy atom. The minimum atomic E-state index is -0.152. The first kappa shape index (κ1) is 10.4. The van der Waals surface area contributed by atoms with Gasteiger partial charge in [0.1, 0.15) is 0 Å². The predicted octanol–water partition coefficient (Wildman–Crippen LogP) is 0.535. The minimum absolute atomic E-state index is 0.0235. The predicted molar refractivity (Wildman–Crippen MR) is 57.6 cm³/mol. The molecule has 2 rings (SSSR count). The zero-order chi connectivity index (χ0) is 10.7. The average molecular weight is 208 g/mol. The van der Waals surface area contributed by atoms with Crippen LogP contribution in [-0.4, -0.2) is 34.4 Å². The molecule has 0 radical (unpaired) electrons. The Morgan fingerprint density at radius 2 is 2.13 bits per heavy atom. The smallest absolute Gasteiger partial charge is 0.0853 e. The van der Waals surface area contributed by atoms with Gasteiger partial charge in [-0.05, 0) is 25.0 Å². The SMILES string of the molecule is OCc1cc(N2CCC(O)CC2)ccn1. The van der Waals surface area contributed by atoms with E-state index in [0.717, 1.165) is 31.6 Å². The molecule has 82 valence electrons. The summed E-state index contributed by atoms with van der Waals surface area (Å²) in [6.45, 7) is 1.72. The molecule has 1 fully saturated rings. The summed E-state index contributed by atoms with van der Waals surface area (Å²) >= 11 is 0. The van der Waals surface area contributed by atoms with Crippen LogP contribution in [0.5, 0.6) is 0 Å². The molecule has 0 bridgehead atoms. The van der Waals surface area contributed by atoms with Gasteiger partial charge in [-0.15, -0.1) is 0 Å². The molecule has 4 nitrogen and oxygen atoms in total. The Labute approximate surface area is 89.2 Å². The number of nitrogens with zero attached hydrogens (tertiary/aromatic N) is 2. The molecule has 0 aromatic carbocycles. The molecule has 0 amide bonds. The molecule has 1 aliphatic rings. The standard InChI is InChI=1S/C11H16N2O2/c14-8-9-7-10(1-4-12-9)13-5-2-11(15)3-6-13/h1,4,7,11,14-15H,2-3,5-6,8H2. The normalized spacial score (nSPS) is 18.1. The van der Waals surface area contributed by atoms with Gasteiger partial charge in [-0.1, -0.05) is 0 Å². The Hall–Kier alpha value is -1.13. The van der Waals surface area contributed by atoms with Crippen molar-refractivity contribution >= 4 is 5.69 Å². The Balaban J connectivity index is 2.08. The third-order valence-electron chi connectivity index (χ3n) is 2.79. The molecule has 0 saturated carbocycles. The number of pyridine rings is 1. The maximum Gasteiger partial charge on any atom is 0.0853 e. The zero-order valence-corrected chi connectivity index (χ0v) is 8.63. The summed E-state index contributed by atoms with van der Waals surface area (Å²) in [5.74, 6) is 0. The Bertz CT molecular complexity index is 322. The van der Waals surface area contributed by atoms with Crippen molar-refractivity contribution in [3.8, 4) is 0 Å². The van der Waals surface area contributed by atoms with E-state index in [0.29, 0.717) is 5.69 Å². The summed E-state index contributed by atoms with van der Waals surface area (Å²) in [6.07, 6.45) is 3.19. The number of rotatable bonds is 2. The van der Waals surface area contributed by atoms with Gasteiger partial charge in [0.25, 0.3) is 0 Å². The molecule has 15 heavy (non-hydrogen) atoms. The van der Waals surface area contributed by atoms with Crippen LogP contribution in [0.25, 0.3) is 0 Å². The number of hydrogen-bond donors (Lipinski definition) is 2. The lowest BCUT2D eigenvalue weighted by Crippen LogP contribution is -2.35. The molecule has 1 aliphatic heterocycles. The monoisotopic (exact) mass is 208 g/mol.